The smallest absolute Gasteiger partial charge is 0.445 e. The Kier molecular flexibility index (Phi) is 5.37. The summed E-state index contributed by atoms with van der Waals surface area (Å²) in [6.45, 7) is 0.509. The molecule has 10 heteroatoms. The van der Waals surface area contributed by atoms with Crippen molar-refractivity contribution in [2.45, 2.75) is 43.3 Å². The van der Waals surface area contributed by atoms with Crippen LogP contribution in [0.2, 0.25) is 0 Å². The molecule has 2 bridgehead atoms. The third-order valence-corrected chi connectivity index (χ3v) is 5.41. The van der Waals surface area contributed by atoms with Gasteiger partial charge in [-0.25, -0.2) is 14.8 Å². The molecule has 2 aromatic rings. The molecule has 0 spiro atoms. The van der Waals surface area contributed by atoms with Gasteiger partial charge in [0.15, 0.2) is 0 Å². The van der Waals surface area contributed by atoms with Crippen LogP contribution >= 0.6 is 0 Å². The zero-order valence-corrected chi connectivity index (χ0v) is 15.9. The summed E-state index contributed by atoms with van der Waals surface area (Å²) < 4.78 is 49.1. The van der Waals surface area contributed by atoms with E-state index in [0.717, 1.165) is 18.0 Å². The van der Waals surface area contributed by atoms with Crippen molar-refractivity contribution in [2.24, 2.45) is 0 Å². The van der Waals surface area contributed by atoms with Gasteiger partial charge in [0.05, 0.1) is 30.9 Å². The molecule has 4 rings (SSSR count). The van der Waals surface area contributed by atoms with E-state index in [4.69, 9.17) is 9.47 Å². The molecule has 0 radical (unpaired) electrons. The first kappa shape index (κ1) is 20.5. The molecule has 2 aliphatic heterocycles. The number of fused-ring (bicyclic) bond motifs is 2. The maximum atomic E-state index is 12.7. The van der Waals surface area contributed by atoms with Crippen LogP contribution in [0.4, 0.5) is 18.0 Å². The van der Waals surface area contributed by atoms with Crippen LogP contribution in [-0.4, -0.2) is 51.4 Å². The van der Waals surface area contributed by atoms with E-state index in [2.05, 4.69) is 9.97 Å². The van der Waals surface area contributed by atoms with Gasteiger partial charge in [-0.3, -0.25) is 4.90 Å². The van der Waals surface area contributed by atoms with Crippen molar-refractivity contribution in [1.29, 1.82) is 0 Å². The van der Waals surface area contributed by atoms with Gasteiger partial charge in [0.1, 0.15) is 6.61 Å². The summed E-state index contributed by atoms with van der Waals surface area (Å²) in [5, 5.41) is 11.2. The summed E-state index contributed by atoms with van der Waals surface area (Å²) in [6, 6.07) is 8.29. The predicted molar refractivity (Wildman–Crippen MR) is 97.0 cm³/mol. The Hall–Kier alpha value is -2.72. The number of benzene rings is 1. The number of carbonyl (C=O) groups is 1. The van der Waals surface area contributed by atoms with Crippen molar-refractivity contribution < 1.29 is 32.5 Å². The van der Waals surface area contributed by atoms with E-state index >= 15 is 0 Å². The number of amides is 1. The number of morpholine rings is 1. The highest BCUT2D eigenvalue weighted by molar-refractivity contribution is 5.69. The van der Waals surface area contributed by atoms with Crippen molar-refractivity contribution in [3.63, 3.8) is 0 Å². The standard InChI is InChI=1S/C20H20F3N3O4/c21-20(22,23)17-24-8-14(9-25-17)19(28)6-15-11-29-12-16(7-19)26(15)18(27)30-10-13-4-2-1-3-5-13/h1-5,8-9,15-16,28H,6-7,10-12H2. The Morgan fingerprint density at radius 3 is 2.33 bits per heavy atom. The summed E-state index contributed by atoms with van der Waals surface area (Å²) in [7, 11) is 0. The molecule has 1 aromatic heterocycles. The highest BCUT2D eigenvalue weighted by Crippen LogP contribution is 2.41. The van der Waals surface area contributed by atoms with Gasteiger partial charge in [-0.05, 0) is 5.56 Å². The lowest BCUT2D eigenvalue weighted by Gasteiger charge is -2.50. The summed E-state index contributed by atoms with van der Waals surface area (Å²) >= 11 is 0. The van der Waals surface area contributed by atoms with Crippen molar-refractivity contribution in [2.75, 3.05) is 13.2 Å². The molecule has 0 aliphatic carbocycles. The summed E-state index contributed by atoms with van der Waals surface area (Å²) in [5.41, 5.74) is -0.424. The van der Waals surface area contributed by atoms with Crippen molar-refractivity contribution >= 4 is 6.09 Å². The number of halogens is 3. The van der Waals surface area contributed by atoms with Crippen LogP contribution < -0.4 is 0 Å². The number of hydrogen-bond donors (Lipinski definition) is 1. The van der Waals surface area contributed by atoms with Crippen molar-refractivity contribution in [1.82, 2.24) is 14.9 Å². The molecular formula is C20H20F3N3O4. The first-order valence-electron chi connectivity index (χ1n) is 9.45. The molecule has 1 aromatic carbocycles. The highest BCUT2D eigenvalue weighted by atomic mass is 19.4. The molecule has 2 unspecified atom stereocenters. The maximum Gasteiger partial charge on any atom is 0.451 e. The quantitative estimate of drug-likeness (QED) is 0.817. The fourth-order valence-electron chi connectivity index (χ4n) is 4.02. The number of piperidine rings is 1. The van der Waals surface area contributed by atoms with E-state index in [1.54, 1.807) is 4.90 Å². The zero-order chi connectivity index (χ0) is 21.4. The molecule has 2 saturated heterocycles. The number of alkyl halides is 3. The van der Waals surface area contributed by atoms with Gasteiger partial charge in [-0.15, -0.1) is 0 Å². The Morgan fingerprint density at radius 2 is 1.77 bits per heavy atom. The zero-order valence-electron chi connectivity index (χ0n) is 15.9. The minimum Gasteiger partial charge on any atom is -0.445 e. The number of nitrogens with zero attached hydrogens (tertiary/aromatic N) is 3. The van der Waals surface area contributed by atoms with Gasteiger partial charge in [-0.2, -0.15) is 13.2 Å². The van der Waals surface area contributed by atoms with Gasteiger partial charge in [0.25, 0.3) is 0 Å². The van der Waals surface area contributed by atoms with Crippen LogP contribution in [0, 0.1) is 0 Å². The Labute approximate surface area is 170 Å². The molecule has 0 saturated carbocycles. The number of rotatable bonds is 3. The lowest BCUT2D eigenvalue weighted by Crippen LogP contribution is -2.62. The molecule has 7 nitrogen and oxygen atoms in total. The van der Waals surface area contributed by atoms with E-state index < -0.39 is 35.8 Å². The molecule has 30 heavy (non-hydrogen) atoms. The lowest BCUT2D eigenvalue weighted by atomic mass is 9.78. The minimum atomic E-state index is -4.66. The van der Waals surface area contributed by atoms with Crippen LogP contribution in [-0.2, 0) is 27.9 Å². The van der Waals surface area contributed by atoms with Gasteiger partial charge >= 0.3 is 12.3 Å². The number of ether oxygens (including phenoxy) is 2. The van der Waals surface area contributed by atoms with E-state index in [1.807, 2.05) is 30.3 Å². The number of hydrogen-bond acceptors (Lipinski definition) is 6. The first-order valence-corrected chi connectivity index (χ1v) is 9.45. The molecule has 1 amide bonds. The third-order valence-electron chi connectivity index (χ3n) is 5.41. The van der Waals surface area contributed by atoms with Crippen LogP contribution in [0.15, 0.2) is 42.7 Å². The summed E-state index contributed by atoms with van der Waals surface area (Å²) in [5.74, 6) is -1.26. The highest BCUT2D eigenvalue weighted by Gasteiger charge is 2.50. The van der Waals surface area contributed by atoms with Crippen molar-refractivity contribution in [3.8, 4) is 0 Å². The lowest BCUT2D eigenvalue weighted by molar-refractivity contribution is -0.146. The first-order chi connectivity index (χ1) is 14.3. The Morgan fingerprint density at radius 1 is 1.17 bits per heavy atom. The topological polar surface area (TPSA) is 84.8 Å². The van der Waals surface area contributed by atoms with Gasteiger partial charge < -0.3 is 14.6 Å². The van der Waals surface area contributed by atoms with Crippen LogP contribution in [0.1, 0.15) is 29.8 Å². The number of carbonyl (C=O) groups excluding carboxylic acids is 1. The second-order valence-corrected chi connectivity index (χ2v) is 7.53. The van der Waals surface area contributed by atoms with Gasteiger partial charge in [-0.1, -0.05) is 30.3 Å². The molecular weight excluding hydrogens is 403 g/mol. The third kappa shape index (κ3) is 4.10. The van der Waals surface area contributed by atoms with E-state index in [0.29, 0.717) is 0 Å². The fraction of sp³-hybridized carbons (Fsp3) is 0.450. The monoisotopic (exact) mass is 423 g/mol. The van der Waals surface area contributed by atoms with E-state index in [9.17, 15) is 23.1 Å². The maximum absolute atomic E-state index is 12.7. The van der Waals surface area contributed by atoms with Crippen molar-refractivity contribution in [3.05, 3.63) is 59.7 Å². The van der Waals surface area contributed by atoms with Gasteiger partial charge in [0, 0.05) is 30.8 Å². The number of aliphatic hydroxyl groups is 1. The Balaban J connectivity index is 1.48. The minimum absolute atomic E-state index is 0.0820. The normalized spacial score (nSPS) is 26.3. The fourth-order valence-corrected chi connectivity index (χ4v) is 4.02. The summed E-state index contributed by atoms with van der Waals surface area (Å²) in [4.78, 5) is 21.0. The van der Waals surface area contributed by atoms with Crippen LogP contribution in [0.5, 0.6) is 0 Å². The number of aromatic nitrogens is 2. The molecule has 2 fully saturated rings. The summed E-state index contributed by atoms with van der Waals surface area (Å²) in [6.07, 6.45) is -3.01. The largest absolute Gasteiger partial charge is 0.451 e. The molecule has 1 N–H and O–H groups in total. The van der Waals surface area contributed by atoms with Gasteiger partial charge in [0.2, 0.25) is 5.82 Å². The SMILES string of the molecule is O=C(OCc1ccccc1)N1C2COCC1CC(O)(c1cnc(C(F)(F)F)nc1)C2. The average Bonchev–Trinajstić information content (AvgIpc) is 2.71. The second kappa shape index (κ2) is 7.84. The van der Waals surface area contributed by atoms with Crippen LogP contribution in [0.3, 0.4) is 0 Å². The Bertz CT molecular complexity index is 878. The molecule has 2 atom stereocenters. The van der Waals surface area contributed by atoms with Crippen LogP contribution in [0.25, 0.3) is 0 Å². The van der Waals surface area contributed by atoms with E-state index in [-0.39, 0.29) is 38.2 Å². The molecule has 160 valence electrons. The molecule has 3 heterocycles. The average molecular weight is 423 g/mol. The second-order valence-electron chi connectivity index (χ2n) is 7.53. The predicted octanol–water partition coefficient (Wildman–Crippen LogP) is 2.88. The van der Waals surface area contributed by atoms with E-state index in [1.165, 1.54) is 0 Å². The molecule has 2 aliphatic rings.